The maximum absolute atomic E-state index is 10.5. The number of methoxy groups -OCH3 is 1. The fourth-order valence-corrected chi connectivity index (χ4v) is 0.533. The lowest BCUT2D eigenvalue weighted by molar-refractivity contribution is -0.134. The third kappa shape index (κ3) is 3.61. The predicted octanol–water partition coefficient (Wildman–Crippen LogP) is -0.354. The molecule has 2 unspecified atom stereocenters. The SMILES string of the molecule is COC(=O)C=CC(C)(O)S(=O)O. The van der Waals surface area contributed by atoms with Crippen LogP contribution in [0.25, 0.3) is 0 Å². The van der Waals surface area contributed by atoms with Crippen molar-refractivity contribution in [1.82, 2.24) is 0 Å². The highest BCUT2D eigenvalue weighted by Crippen LogP contribution is 2.08. The molecule has 0 bridgehead atoms. The lowest BCUT2D eigenvalue weighted by atomic mass is 10.3. The molecular weight excluding hydrogens is 184 g/mol. The summed E-state index contributed by atoms with van der Waals surface area (Å²) in [5, 5.41) is 9.09. The van der Waals surface area contributed by atoms with Crippen LogP contribution in [0.3, 0.4) is 0 Å². The molecule has 0 aromatic carbocycles. The summed E-state index contributed by atoms with van der Waals surface area (Å²) < 4.78 is 23.1. The van der Waals surface area contributed by atoms with Crippen molar-refractivity contribution in [2.45, 2.75) is 11.9 Å². The zero-order valence-electron chi connectivity index (χ0n) is 6.68. The first-order valence-corrected chi connectivity index (χ1v) is 4.11. The minimum atomic E-state index is -2.43. The van der Waals surface area contributed by atoms with E-state index < -0.39 is 22.0 Å². The Bertz CT molecular complexity index is 220. The first-order valence-electron chi connectivity index (χ1n) is 3.00. The molecule has 2 N–H and O–H groups in total. The molecule has 0 saturated carbocycles. The van der Waals surface area contributed by atoms with Crippen LogP contribution in [0, 0.1) is 0 Å². The van der Waals surface area contributed by atoms with E-state index in [2.05, 4.69) is 4.74 Å². The first-order chi connectivity index (χ1) is 5.40. The van der Waals surface area contributed by atoms with Gasteiger partial charge < -0.3 is 14.4 Å². The van der Waals surface area contributed by atoms with Crippen LogP contribution in [-0.2, 0) is 20.6 Å². The van der Waals surface area contributed by atoms with E-state index in [0.717, 1.165) is 26.2 Å². The van der Waals surface area contributed by atoms with E-state index >= 15 is 0 Å². The average Bonchev–Trinajstić information content (AvgIpc) is 2.00. The number of ether oxygens (including phenoxy) is 1. The van der Waals surface area contributed by atoms with E-state index in [1.54, 1.807) is 0 Å². The van der Waals surface area contributed by atoms with Gasteiger partial charge in [-0.2, -0.15) is 0 Å². The molecule has 0 amide bonds. The standard InChI is InChI=1S/C6H10O5S/c1-6(8,12(9)10)4-3-5(7)11-2/h3-4,8H,1-2H3,(H,9,10). The van der Waals surface area contributed by atoms with Crippen molar-refractivity contribution in [2.75, 3.05) is 7.11 Å². The number of rotatable bonds is 3. The van der Waals surface area contributed by atoms with Gasteiger partial charge in [0.15, 0.2) is 16.0 Å². The zero-order chi connectivity index (χ0) is 9.78. The van der Waals surface area contributed by atoms with Gasteiger partial charge in [-0.05, 0) is 13.0 Å². The smallest absolute Gasteiger partial charge is 0.330 e. The van der Waals surface area contributed by atoms with Crippen molar-refractivity contribution in [3.8, 4) is 0 Å². The van der Waals surface area contributed by atoms with E-state index in [4.69, 9.17) is 9.66 Å². The maximum atomic E-state index is 10.5. The second-order valence-corrected chi connectivity index (χ2v) is 3.49. The second kappa shape index (κ2) is 4.34. The molecule has 70 valence electrons. The van der Waals surface area contributed by atoms with Gasteiger partial charge in [0.25, 0.3) is 0 Å². The van der Waals surface area contributed by atoms with Crippen molar-refractivity contribution < 1.29 is 23.4 Å². The first kappa shape index (κ1) is 11.3. The molecule has 0 saturated heterocycles. The van der Waals surface area contributed by atoms with Gasteiger partial charge in [0.2, 0.25) is 0 Å². The van der Waals surface area contributed by atoms with Gasteiger partial charge in [-0.25, -0.2) is 9.00 Å². The van der Waals surface area contributed by atoms with Crippen LogP contribution in [0.4, 0.5) is 0 Å². The minimum Gasteiger partial charge on any atom is -0.466 e. The summed E-state index contributed by atoms with van der Waals surface area (Å²) in [5.74, 6) is -0.694. The average molecular weight is 194 g/mol. The van der Waals surface area contributed by atoms with Crippen LogP contribution in [0.15, 0.2) is 12.2 Å². The Balaban J connectivity index is 4.33. The third-order valence-corrected chi connectivity index (χ3v) is 1.93. The summed E-state index contributed by atoms with van der Waals surface area (Å²) in [7, 11) is 1.16. The van der Waals surface area contributed by atoms with Gasteiger partial charge in [-0.15, -0.1) is 0 Å². The van der Waals surface area contributed by atoms with Gasteiger partial charge in [-0.3, -0.25) is 0 Å². The Kier molecular flexibility index (Phi) is 4.08. The zero-order valence-corrected chi connectivity index (χ0v) is 7.50. The highest BCUT2D eigenvalue weighted by molar-refractivity contribution is 7.80. The predicted molar refractivity (Wildman–Crippen MR) is 42.6 cm³/mol. The molecule has 0 aliphatic heterocycles. The number of hydrogen-bond donors (Lipinski definition) is 2. The van der Waals surface area contributed by atoms with Gasteiger partial charge >= 0.3 is 5.97 Å². The Morgan fingerprint density at radius 2 is 2.17 bits per heavy atom. The molecule has 0 fully saturated rings. The van der Waals surface area contributed by atoms with Crippen molar-refractivity contribution in [2.24, 2.45) is 0 Å². The normalized spacial score (nSPS) is 18.7. The van der Waals surface area contributed by atoms with Crippen LogP contribution in [0.2, 0.25) is 0 Å². The highest BCUT2D eigenvalue weighted by atomic mass is 32.2. The summed E-state index contributed by atoms with van der Waals surface area (Å²) in [4.78, 5) is 8.56. The van der Waals surface area contributed by atoms with Gasteiger partial charge in [0.05, 0.1) is 7.11 Å². The van der Waals surface area contributed by atoms with E-state index in [1.165, 1.54) is 0 Å². The summed E-state index contributed by atoms with van der Waals surface area (Å²) in [6.07, 6.45) is 1.78. The topological polar surface area (TPSA) is 83.8 Å². The molecule has 0 aromatic rings. The molecule has 12 heavy (non-hydrogen) atoms. The molecular formula is C6H10O5S. The molecule has 0 radical (unpaired) electrons. The minimum absolute atomic E-state index is 0.694. The molecule has 0 spiro atoms. The van der Waals surface area contributed by atoms with Crippen molar-refractivity contribution in [3.63, 3.8) is 0 Å². The molecule has 0 rings (SSSR count). The van der Waals surface area contributed by atoms with Crippen LogP contribution < -0.4 is 0 Å². The molecule has 6 heteroatoms. The molecule has 0 aliphatic rings. The Labute approximate surface area is 72.3 Å². The van der Waals surface area contributed by atoms with Crippen LogP contribution >= 0.6 is 0 Å². The number of aliphatic hydroxyl groups is 1. The Morgan fingerprint density at radius 1 is 1.67 bits per heavy atom. The summed E-state index contributed by atoms with van der Waals surface area (Å²) >= 11 is -2.43. The van der Waals surface area contributed by atoms with E-state index in [0.29, 0.717) is 0 Å². The van der Waals surface area contributed by atoms with Crippen molar-refractivity contribution in [1.29, 1.82) is 0 Å². The summed E-state index contributed by atoms with van der Waals surface area (Å²) in [6, 6.07) is 0. The van der Waals surface area contributed by atoms with E-state index in [-0.39, 0.29) is 0 Å². The summed E-state index contributed by atoms with van der Waals surface area (Å²) in [5.41, 5.74) is 0. The molecule has 0 aliphatic carbocycles. The number of carbonyl (C=O) groups excluding carboxylic acids is 1. The number of hydrogen-bond acceptors (Lipinski definition) is 4. The maximum Gasteiger partial charge on any atom is 0.330 e. The number of carbonyl (C=O) groups is 1. The quantitative estimate of drug-likeness (QED) is 0.364. The molecule has 0 aromatic heterocycles. The third-order valence-electron chi connectivity index (χ3n) is 1.08. The van der Waals surface area contributed by atoms with E-state index in [9.17, 15) is 9.00 Å². The fraction of sp³-hybridized carbons (Fsp3) is 0.500. The van der Waals surface area contributed by atoms with E-state index in [1.807, 2.05) is 0 Å². The lowest BCUT2D eigenvalue weighted by Crippen LogP contribution is -2.27. The Morgan fingerprint density at radius 3 is 2.50 bits per heavy atom. The molecule has 0 heterocycles. The van der Waals surface area contributed by atoms with Gasteiger partial charge in [0, 0.05) is 6.08 Å². The monoisotopic (exact) mass is 194 g/mol. The fourth-order valence-electron chi connectivity index (χ4n) is 0.349. The molecule has 2 atom stereocenters. The lowest BCUT2D eigenvalue weighted by Gasteiger charge is -2.12. The highest BCUT2D eigenvalue weighted by Gasteiger charge is 2.23. The van der Waals surface area contributed by atoms with Crippen molar-refractivity contribution >= 4 is 17.0 Å². The summed E-state index contributed by atoms with van der Waals surface area (Å²) in [6.45, 7) is 1.10. The van der Waals surface area contributed by atoms with Crippen LogP contribution in [0.5, 0.6) is 0 Å². The van der Waals surface area contributed by atoms with Crippen molar-refractivity contribution in [3.05, 3.63) is 12.2 Å². The van der Waals surface area contributed by atoms with Crippen LogP contribution in [0.1, 0.15) is 6.92 Å². The number of esters is 1. The second-order valence-electron chi connectivity index (χ2n) is 2.16. The van der Waals surface area contributed by atoms with Gasteiger partial charge in [-0.1, -0.05) is 0 Å². The van der Waals surface area contributed by atoms with Gasteiger partial charge in [0.1, 0.15) is 0 Å². The largest absolute Gasteiger partial charge is 0.466 e. The Hall–Kier alpha value is -0.720. The molecule has 5 nitrogen and oxygen atoms in total. The van der Waals surface area contributed by atoms with Crippen LogP contribution in [-0.4, -0.2) is 31.9 Å².